The third kappa shape index (κ3) is 4.21. The van der Waals surface area contributed by atoms with E-state index in [0.29, 0.717) is 15.9 Å². The first-order chi connectivity index (χ1) is 13.2. The number of pyridine rings is 1. The van der Waals surface area contributed by atoms with Gasteiger partial charge in [0.05, 0.1) is 17.3 Å². The van der Waals surface area contributed by atoms with Crippen molar-refractivity contribution >= 4 is 40.3 Å². The maximum atomic E-state index is 12.2. The summed E-state index contributed by atoms with van der Waals surface area (Å²) in [6.07, 6.45) is 1.77. The van der Waals surface area contributed by atoms with Gasteiger partial charge in [0.15, 0.2) is 11.5 Å². The molecule has 0 saturated carbocycles. The second-order valence-electron chi connectivity index (χ2n) is 5.79. The predicted molar refractivity (Wildman–Crippen MR) is 111 cm³/mol. The Morgan fingerprint density at radius 1 is 1.21 bits per heavy atom. The van der Waals surface area contributed by atoms with Crippen molar-refractivity contribution in [3.8, 4) is 22.6 Å². The largest absolute Gasteiger partial charge is 0.493 e. The van der Waals surface area contributed by atoms with Gasteiger partial charge < -0.3 is 30.4 Å². The number of hydrogen-bond acceptors (Lipinski definition) is 6. The van der Waals surface area contributed by atoms with Crippen molar-refractivity contribution in [2.45, 2.75) is 19.8 Å². The van der Waals surface area contributed by atoms with Crippen molar-refractivity contribution in [1.82, 2.24) is 4.98 Å². The van der Waals surface area contributed by atoms with E-state index in [-0.39, 0.29) is 16.9 Å². The molecule has 0 aliphatic heterocycles. The molecular formula is C18H19IN2O7. The number of ether oxygens (including phenoxy) is 2. The van der Waals surface area contributed by atoms with E-state index in [4.69, 9.17) is 15.2 Å². The molecule has 0 saturated heterocycles. The first-order valence-corrected chi connectivity index (χ1v) is 9.33. The van der Waals surface area contributed by atoms with Gasteiger partial charge in [0.1, 0.15) is 16.9 Å². The number of aromatic amines is 1. The first kappa shape index (κ1) is 21.5. The predicted octanol–water partition coefficient (Wildman–Crippen LogP) is 2.81. The molecule has 1 heterocycles. The molecule has 0 unspecified atom stereocenters. The molecule has 10 heteroatoms. The molecule has 0 amide bonds. The van der Waals surface area contributed by atoms with E-state index in [1.165, 1.54) is 19.2 Å². The van der Waals surface area contributed by atoms with Gasteiger partial charge >= 0.3 is 11.9 Å². The minimum Gasteiger partial charge on any atom is -0.493 e. The minimum atomic E-state index is -1.57. The van der Waals surface area contributed by atoms with E-state index in [2.05, 4.69) is 4.98 Å². The van der Waals surface area contributed by atoms with Gasteiger partial charge in [-0.2, -0.15) is 0 Å². The Balaban J connectivity index is 2.81. The number of anilines is 1. The lowest BCUT2D eigenvalue weighted by molar-refractivity contribution is 0.0695. The van der Waals surface area contributed by atoms with Gasteiger partial charge in [-0.15, -0.1) is 0 Å². The number of carbonyl (C=O) groups is 2. The molecule has 150 valence electrons. The van der Waals surface area contributed by atoms with Crippen molar-refractivity contribution < 1.29 is 29.3 Å². The molecule has 9 nitrogen and oxygen atoms in total. The van der Waals surface area contributed by atoms with E-state index in [1.807, 2.05) is 29.5 Å². The summed E-state index contributed by atoms with van der Waals surface area (Å²) in [5.41, 5.74) is 3.31. The number of nitrogens with two attached hydrogens (primary N) is 1. The number of methoxy groups -OCH3 is 1. The molecule has 0 aliphatic carbocycles. The average Bonchev–Trinajstić information content (AvgIpc) is 2.61. The smallest absolute Gasteiger partial charge is 0.342 e. The van der Waals surface area contributed by atoms with Crippen LogP contribution in [0.5, 0.6) is 11.5 Å². The highest BCUT2D eigenvalue weighted by atomic mass is 127. The maximum absolute atomic E-state index is 12.2. The Morgan fingerprint density at radius 3 is 2.39 bits per heavy atom. The summed E-state index contributed by atoms with van der Waals surface area (Å²) in [5, 5.41) is 19.0. The quantitative estimate of drug-likeness (QED) is 0.318. The zero-order valence-electron chi connectivity index (χ0n) is 15.2. The van der Waals surface area contributed by atoms with Gasteiger partial charge in [-0.05, 0) is 46.7 Å². The van der Waals surface area contributed by atoms with Crippen LogP contribution < -0.4 is 20.8 Å². The molecule has 2 rings (SSSR count). The van der Waals surface area contributed by atoms with E-state index in [9.17, 15) is 24.6 Å². The Bertz CT molecular complexity index is 985. The summed E-state index contributed by atoms with van der Waals surface area (Å²) >= 11 is 1.97. The zero-order valence-corrected chi connectivity index (χ0v) is 17.3. The molecular weight excluding hydrogens is 483 g/mol. The molecule has 0 radical (unpaired) electrons. The molecule has 1 aromatic heterocycles. The highest BCUT2D eigenvalue weighted by Gasteiger charge is 2.28. The highest BCUT2D eigenvalue weighted by molar-refractivity contribution is 14.1. The molecule has 0 atom stereocenters. The van der Waals surface area contributed by atoms with Crippen molar-refractivity contribution in [2.24, 2.45) is 0 Å². The Labute approximate surface area is 173 Å². The van der Waals surface area contributed by atoms with Gasteiger partial charge in [-0.1, -0.05) is 13.3 Å². The molecule has 5 N–H and O–H groups in total. The lowest BCUT2D eigenvalue weighted by atomic mass is 9.95. The Kier molecular flexibility index (Phi) is 6.89. The summed E-state index contributed by atoms with van der Waals surface area (Å²) < 4.78 is 11.6. The first-order valence-electron chi connectivity index (χ1n) is 8.25. The summed E-state index contributed by atoms with van der Waals surface area (Å²) in [6.45, 7) is 2.48. The van der Waals surface area contributed by atoms with E-state index < -0.39 is 34.4 Å². The van der Waals surface area contributed by atoms with Crippen LogP contribution in [0.15, 0.2) is 16.9 Å². The lowest BCUT2D eigenvalue weighted by Crippen LogP contribution is -2.24. The van der Waals surface area contributed by atoms with Gasteiger partial charge in [0, 0.05) is 5.56 Å². The molecule has 0 spiro atoms. The highest BCUT2D eigenvalue weighted by Crippen LogP contribution is 2.39. The van der Waals surface area contributed by atoms with Crippen molar-refractivity contribution in [1.29, 1.82) is 0 Å². The number of halogens is 1. The van der Waals surface area contributed by atoms with Crippen LogP contribution >= 0.6 is 22.6 Å². The van der Waals surface area contributed by atoms with Crippen LogP contribution in [0.2, 0.25) is 0 Å². The number of aromatic nitrogens is 1. The number of nitrogen functional groups attached to an aromatic ring is 1. The summed E-state index contributed by atoms with van der Waals surface area (Å²) in [7, 11) is 1.41. The van der Waals surface area contributed by atoms with Gasteiger partial charge in [0.25, 0.3) is 5.56 Å². The van der Waals surface area contributed by atoms with Crippen LogP contribution in [-0.4, -0.2) is 40.9 Å². The third-order valence-corrected chi connectivity index (χ3v) is 4.74. The molecule has 2 aromatic rings. The van der Waals surface area contributed by atoms with Crippen LogP contribution in [0, 0.1) is 3.57 Å². The third-order valence-electron chi connectivity index (χ3n) is 3.93. The number of carboxylic acid groups (broad SMARTS) is 2. The number of aromatic carboxylic acids is 2. The number of benzene rings is 1. The van der Waals surface area contributed by atoms with Crippen LogP contribution in [0.1, 0.15) is 40.5 Å². The zero-order chi connectivity index (χ0) is 21.0. The number of carboxylic acids is 2. The van der Waals surface area contributed by atoms with Crippen molar-refractivity contribution in [2.75, 3.05) is 19.5 Å². The topological polar surface area (TPSA) is 152 Å². The standard InChI is InChI=1S/C18H19IN2O7/c1-3-4-5-28-14-9(19)6-8(7-10(14)27-2)11-12(17(23)24)15(20)21-16(22)13(11)18(25)26/h6-7H,3-5H2,1-2H3,(H,23,24)(H,25,26)(H3,20,21,22). The van der Waals surface area contributed by atoms with Gasteiger partial charge in [0.2, 0.25) is 0 Å². The van der Waals surface area contributed by atoms with Crippen molar-refractivity contribution in [3.63, 3.8) is 0 Å². The van der Waals surface area contributed by atoms with Crippen LogP contribution in [0.25, 0.3) is 11.1 Å². The number of hydrogen-bond donors (Lipinski definition) is 4. The molecule has 0 aliphatic rings. The van der Waals surface area contributed by atoms with Gasteiger partial charge in [-0.3, -0.25) is 4.79 Å². The summed E-state index contributed by atoms with van der Waals surface area (Å²) in [6, 6.07) is 2.95. The fraction of sp³-hybridized carbons (Fsp3) is 0.278. The summed E-state index contributed by atoms with van der Waals surface area (Å²) in [4.78, 5) is 37.6. The van der Waals surface area contributed by atoms with E-state index in [0.717, 1.165) is 12.8 Å². The van der Waals surface area contributed by atoms with Crippen LogP contribution in [0.3, 0.4) is 0 Å². The minimum absolute atomic E-state index is 0.164. The monoisotopic (exact) mass is 502 g/mol. The van der Waals surface area contributed by atoms with Crippen molar-refractivity contribution in [3.05, 3.63) is 37.2 Å². The fourth-order valence-electron chi connectivity index (χ4n) is 2.66. The average molecular weight is 502 g/mol. The Hall–Kier alpha value is -2.76. The lowest BCUT2D eigenvalue weighted by Gasteiger charge is -2.17. The number of rotatable bonds is 8. The second-order valence-corrected chi connectivity index (χ2v) is 6.96. The number of unbranched alkanes of at least 4 members (excludes halogenated alkanes) is 1. The van der Waals surface area contributed by atoms with Crippen LogP contribution in [-0.2, 0) is 0 Å². The SMILES string of the molecule is CCCCOc1c(I)cc(-c2c(C(=O)O)c(N)[nH]c(=O)c2C(=O)O)cc1OC. The molecule has 1 aromatic carbocycles. The fourth-order valence-corrected chi connectivity index (χ4v) is 3.42. The molecule has 28 heavy (non-hydrogen) atoms. The molecule has 0 bridgehead atoms. The van der Waals surface area contributed by atoms with E-state index in [1.54, 1.807) is 0 Å². The number of H-pyrrole nitrogens is 1. The van der Waals surface area contributed by atoms with Crippen LogP contribution in [0.4, 0.5) is 5.82 Å². The normalized spacial score (nSPS) is 10.5. The Morgan fingerprint density at radius 2 is 1.86 bits per heavy atom. The number of nitrogens with one attached hydrogen (secondary N) is 1. The van der Waals surface area contributed by atoms with E-state index >= 15 is 0 Å². The maximum Gasteiger partial charge on any atom is 0.342 e. The van der Waals surface area contributed by atoms with Gasteiger partial charge in [-0.25, -0.2) is 9.59 Å². The summed E-state index contributed by atoms with van der Waals surface area (Å²) in [5.74, 6) is -2.74. The second kappa shape index (κ2) is 8.95. The molecule has 0 fully saturated rings.